The topological polar surface area (TPSA) is 32.3 Å². The highest BCUT2D eigenvalue weighted by Gasteiger charge is 1.91. The van der Waals surface area contributed by atoms with Crippen LogP contribution in [0.4, 0.5) is 0 Å². The monoisotopic (exact) mass is 163 g/mol. The Kier molecular flexibility index (Phi) is 7.58. The Morgan fingerprint density at radius 3 is 2.70 bits per heavy atom. The Morgan fingerprint density at radius 2 is 2.20 bits per heavy atom. The summed E-state index contributed by atoms with van der Waals surface area (Å²) in [6.07, 6.45) is 0.876. The summed E-state index contributed by atoms with van der Waals surface area (Å²) in [4.78, 5) is 0. The molecule has 62 valence electrons. The second-order valence-electron chi connectivity index (χ2n) is 2.24. The molecule has 0 aromatic rings. The van der Waals surface area contributed by atoms with Crippen LogP contribution in [0.1, 0.15) is 20.3 Å². The van der Waals surface area contributed by atoms with Crippen molar-refractivity contribution in [1.82, 2.24) is 5.32 Å². The molecule has 3 heteroatoms. The first kappa shape index (κ1) is 10.3. The van der Waals surface area contributed by atoms with Gasteiger partial charge in [0.2, 0.25) is 0 Å². The van der Waals surface area contributed by atoms with E-state index in [0.29, 0.717) is 0 Å². The Morgan fingerprint density at radius 1 is 1.50 bits per heavy atom. The lowest BCUT2D eigenvalue weighted by Gasteiger charge is -2.05. The largest absolute Gasteiger partial charge is 0.379 e. The van der Waals surface area contributed by atoms with E-state index in [2.05, 4.69) is 12.2 Å². The summed E-state index contributed by atoms with van der Waals surface area (Å²) < 4.78 is 0. The molecular weight excluding hydrogens is 146 g/mol. The van der Waals surface area contributed by atoms with Gasteiger partial charge < -0.3 is 5.11 Å². The van der Waals surface area contributed by atoms with E-state index in [1.54, 1.807) is 6.92 Å². The molecule has 0 aromatic heterocycles. The van der Waals surface area contributed by atoms with Crippen molar-refractivity contribution in [2.45, 2.75) is 26.5 Å². The molecule has 0 aliphatic carbocycles. The lowest BCUT2D eigenvalue weighted by atomic mass is 10.6. The fraction of sp³-hybridized carbons (Fsp3) is 1.00. The molecule has 0 bridgehead atoms. The summed E-state index contributed by atoms with van der Waals surface area (Å²) in [6.45, 7) is 4.82. The number of aliphatic hydroxyl groups is 1. The summed E-state index contributed by atoms with van der Waals surface area (Å²) in [5, 5.41) is 11.7. The molecule has 0 spiro atoms. The number of rotatable bonds is 6. The Labute approximate surface area is 67.4 Å². The van der Waals surface area contributed by atoms with Crippen LogP contribution in [0.3, 0.4) is 0 Å². The summed E-state index contributed by atoms with van der Waals surface area (Å²) in [6, 6.07) is 0. The van der Waals surface area contributed by atoms with Gasteiger partial charge in [-0.05, 0) is 19.1 Å². The Balaban J connectivity index is 2.77. The van der Waals surface area contributed by atoms with Crippen LogP contribution < -0.4 is 5.32 Å². The van der Waals surface area contributed by atoms with Crippen molar-refractivity contribution in [1.29, 1.82) is 0 Å². The molecule has 2 N–H and O–H groups in total. The third-order valence-corrected chi connectivity index (χ3v) is 2.22. The van der Waals surface area contributed by atoms with Gasteiger partial charge in [0.15, 0.2) is 0 Å². The number of hydrogen-bond donors (Lipinski definition) is 2. The number of nitrogens with one attached hydrogen (secondary N) is 1. The summed E-state index contributed by atoms with van der Waals surface area (Å²) in [5.41, 5.74) is 0. The minimum atomic E-state index is -0.359. The van der Waals surface area contributed by atoms with Crippen LogP contribution in [0, 0.1) is 0 Å². The molecule has 2 nitrogen and oxygen atoms in total. The lowest BCUT2D eigenvalue weighted by molar-refractivity contribution is 0.160. The molecule has 0 aliphatic heterocycles. The van der Waals surface area contributed by atoms with Gasteiger partial charge in [0, 0.05) is 12.3 Å². The van der Waals surface area contributed by atoms with Gasteiger partial charge in [0.25, 0.3) is 0 Å². The van der Waals surface area contributed by atoms with Gasteiger partial charge in [0.1, 0.15) is 6.23 Å². The van der Waals surface area contributed by atoms with Crippen LogP contribution in [0.5, 0.6) is 0 Å². The van der Waals surface area contributed by atoms with Crippen molar-refractivity contribution in [3.8, 4) is 0 Å². The number of hydrogen-bond acceptors (Lipinski definition) is 3. The predicted octanol–water partition coefficient (Wildman–Crippen LogP) is 1.06. The average Bonchev–Trinajstić information content (AvgIpc) is 1.87. The average molecular weight is 163 g/mol. The molecule has 0 saturated carbocycles. The van der Waals surface area contributed by atoms with Gasteiger partial charge in [-0.3, -0.25) is 5.32 Å². The van der Waals surface area contributed by atoms with Crippen molar-refractivity contribution >= 4 is 11.8 Å². The highest BCUT2D eigenvalue weighted by molar-refractivity contribution is 7.99. The first-order chi connectivity index (χ1) is 4.77. The Bertz CT molecular complexity index is 68.6. The molecular formula is C7H17NOS. The molecule has 0 amide bonds. The first-order valence-corrected chi connectivity index (χ1v) is 4.92. The highest BCUT2D eigenvalue weighted by atomic mass is 32.2. The minimum absolute atomic E-state index is 0.359. The highest BCUT2D eigenvalue weighted by Crippen LogP contribution is 1.99. The fourth-order valence-corrected chi connectivity index (χ4v) is 1.34. The standard InChI is InChI=1S/C7H17NOS/c1-3-5-10-6-4-8-7(2)9/h7-9H,3-6H2,1-2H3. The van der Waals surface area contributed by atoms with Crippen LogP contribution in [0.25, 0.3) is 0 Å². The van der Waals surface area contributed by atoms with Crippen molar-refractivity contribution in [3.63, 3.8) is 0 Å². The van der Waals surface area contributed by atoms with Gasteiger partial charge in [-0.1, -0.05) is 6.92 Å². The summed E-state index contributed by atoms with van der Waals surface area (Å²) in [7, 11) is 0. The predicted molar refractivity (Wildman–Crippen MR) is 47.3 cm³/mol. The van der Waals surface area contributed by atoms with Gasteiger partial charge in [-0.25, -0.2) is 0 Å². The van der Waals surface area contributed by atoms with E-state index in [9.17, 15) is 0 Å². The quantitative estimate of drug-likeness (QED) is 0.453. The number of aliphatic hydroxyl groups excluding tert-OH is 1. The third kappa shape index (κ3) is 8.27. The van der Waals surface area contributed by atoms with E-state index in [-0.39, 0.29) is 6.23 Å². The first-order valence-electron chi connectivity index (χ1n) is 3.76. The molecule has 0 aliphatic rings. The molecule has 10 heavy (non-hydrogen) atoms. The van der Waals surface area contributed by atoms with Crippen LogP contribution >= 0.6 is 11.8 Å². The molecule has 0 heterocycles. The maximum atomic E-state index is 8.79. The molecule has 0 saturated heterocycles. The molecule has 0 fully saturated rings. The zero-order valence-corrected chi connectivity index (χ0v) is 7.58. The normalized spacial score (nSPS) is 13.5. The second kappa shape index (κ2) is 7.38. The van der Waals surface area contributed by atoms with Crippen molar-refractivity contribution in [3.05, 3.63) is 0 Å². The molecule has 0 aromatic carbocycles. The van der Waals surface area contributed by atoms with Crippen molar-refractivity contribution < 1.29 is 5.11 Å². The second-order valence-corrected chi connectivity index (χ2v) is 3.47. The maximum Gasteiger partial charge on any atom is 0.102 e. The van der Waals surface area contributed by atoms with Gasteiger partial charge in [0.05, 0.1) is 0 Å². The lowest BCUT2D eigenvalue weighted by Crippen LogP contribution is -2.27. The fourth-order valence-electron chi connectivity index (χ4n) is 0.586. The third-order valence-electron chi connectivity index (χ3n) is 1.03. The van der Waals surface area contributed by atoms with Crippen molar-refractivity contribution in [2.24, 2.45) is 0 Å². The van der Waals surface area contributed by atoms with Crippen LogP contribution in [-0.2, 0) is 0 Å². The van der Waals surface area contributed by atoms with Crippen LogP contribution in [-0.4, -0.2) is 29.4 Å². The Hall–Kier alpha value is 0.270. The van der Waals surface area contributed by atoms with E-state index in [1.807, 2.05) is 11.8 Å². The molecule has 1 atom stereocenters. The molecule has 1 unspecified atom stereocenters. The van der Waals surface area contributed by atoms with Gasteiger partial charge >= 0.3 is 0 Å². The summed E-state index contributed by atoms with van der Waals surface area (Å²) in [5.74, 6) is 2.32. The van der Waals surface area contributed by atoms with Crippen molar-refractivity contribution in [2.75, 3.05) is 18.1 Å². The SMILES string of the molecule is CCCSCCNC(C)O. The van der Waals surface area contributed by atoms with E-state index >= 15 is 0 Å². The van der Waals surface area contributed by atoms with Gasteiger partial charge in [-0.15, -0.1) is 0 Å². The van der Waals surface area contributed by atoms with E-state index in [1.165, 1.54) is 12.2 Å². The zero-order valence-electron chi connectivity index (χ0n) is 6.76. The van der Waals surface area contributed by atoms with E-state index in [4.69, 9.17) is 5.11 Å². The van der Waals surface area contributed by atoms with Gasteiger partial charge in [-0.2, -0.15) is 11.8 Å². The zero-order chi connectivity index (χ0) is 7.82. The molecule has 0 rings (SSSR count). The summed E-state index contributed by atoms with van der Waals surface area (Å²) >= 11 is 1.92. The maximum absolute atomic E-state index is 8.79. The minimum Gasteiger partial charge on any atom is -0.379 e. The molecule has 0 radical (unpaired) electrons. The number of thioether (sulfide) groups is 1. The smallest absolute Gasteiger partial charge is 0.102 e. The van der Waals surface area contributed by atoms with E-state index in [0.717, 1.165) is 12.3 Å². The van der Waals surface area contributed by atoms with Crippen LogP contribution in [0.2, 0.25) is 0 Å². The van der Waals surface area contributed by atoms with Crippen LogP contribution in [0.15, 0.2) is 0 Å². The van der Waals surface area contributed by atoms with E-state index < -0.39 is 0 Å².